The molecule has 1 aromatic heterocycles. The van der Waals surface area contributed by atoms with E-state index in [4.69, 9.17) is 5.73 Å². The van der Waals surface area contributed by atoms with Gasteiger partial charge in [0, 0.05) is 5.56 Å². The predicted octanol–water partition coefficient (Wildman–Crippen LogP) is 3.19. The van der Waals surface area contributed by atoms with Gasteiger partial charge in [0.2, 0.25) is 0 Å². The molecule has 23 heavy (non-hydrogen) atoms. The molecular weight excluding hydrogens is 329 g/mol. The van der Waals surface area contributed by atoms with Crippen LogP contribution in [0.4, 0.5) is 13.2 Å². The lowest BCUT2D eigenvalue weighted by atomic mass is 10.1. The molecule has 0 spiro atoms. The molecule has 0 fully saturated rings. The Balaban J connectivity index is 2.12. The number of hydrogen-bond donors (Lipinski definition) is 2. The number of thiophene rings is 1. The zero-order chi connectivity index (χ0) is 17.2. The second kappa shape index (κ2) is 6.41. The molecule has 0 saturated heterocycles. The van der Waals surface area contributed by atoms with Crippen molar-refractivity contribution in [1.82, 2.24) is 5.32 Å². The van der Waals surface area contributed by atoms with E-state index in [2.05, 4.69) is 0 Å². The van der Waals surface area contributed by atoms with Crippen molar-refractivity contribution in [3.8, 4) is 11.1 Å². The lowest BCUT2D eigenvalue weighted by molar-refractivity contribution is -0.149. The predicted molar refractivity (Wildman–Crippen MR) is 81.3 cm³/mol. The van der Waals surface area contributed by atoms with Crippen molar-refractivity contribution in [1.29, 1.82) is 0 Å². The molecule has 0 radical (unpaired) electrons. The topological polar surface area (TPSA) is 72.2 Å². The van der Waals surface area contributed by atoms with E-state index in [1.54, 1.807) is 23.6 Å². The Morgan fingerprint density at radius 2 is 1.78 bits per heavy atom. The summed E-state index contributed by atoms with van der Waals surface area (Å²) in [7, 11) is 0. The Hall–Kier alpha value is -2.35. The molecular formula is C15H13F3N2O2S. The quantitative estimate of drug-likeness (QED) is 0.896. The highest BCUT2D eigenvalue weighted by Crippen LogP contribution is 2.26. The number of benzene rings is 1. The van der Waals surface area contributed by atoms with Crippen LogP contribution < -0.4 is 11.1 Å². The van der Waals surface area contributed by atoms with Gasteiger partial charge in [-0.15, -0.1) is 11.3 Å². The summed E-state index contributed by atoms with van der Waals surface area (Å²) < 4.78 is 37.3. The molecule has 0 aliphatic carbocycles. The van der Waals surface area contributed by atoms with E-state index in [-0.39, 0.29) is 5.56 Å². The third-order valence-corrected chi connectivity index (χ3v) is 4.11. The van der Waals surface area contributed by atoms with Crippen molar-refractivity contribution >= 4 is 23.2 Å². The highest BCUT2D eigenvalue weighted by Gasteiger charge is 2.37. The standard InChI is InChI=1S/C15H13F3N2O2S/c1-8(15(16,17)18)20-14(22)10-4-2-9(3-5-10)11-6-12(13(19)21)23-7-11/h2-8H,1H3,(H2,19,21)(H,20,22)/t8-/m1/s1. The molecule has 0 unspecified atom stereocenters. The Kier molecular flexibility index (Phi) is 4.74. The van der Waals surface area contributed by atoms with Gasteiger partial charge in [0.1, 0.15) is 6.04 Å². The number of halogens is 3. The number of amides is 2. The second-order valence-electron chi connectivity index (χ2n) is 4.88. The average Bonchev–Trinajstić information content (AvgIpc) is 2.96. The van der Waals surface area contributed by atoms with Gasteiger partial charge in [0.25, 0.3) is 11.8 Å². The van der Waals surface area contributed by atoms with Crippen molar-refractivity contribution in [3.63, 3.8) is 0 Å². The maximum atomic E-state index is 12.4. The van der Waals surface area contributed by atoms with Crippen LogP contribution in [0.2, 0.25) is 0 Å². The molecule has 1 atom stereocenters. The summed E-state index contributed by atoms with van der Waals surface area (Å²) in [5.41, 5.74) is 6.78. The van der Waals surface area contributed by atoms with Crippen molar-refractivity contribution in [2.45, 2.75) is 19.1 Å². The van der Waals surface area contributed by atoms with Crippen molar-refractivity contribution in [2.75, 3.05) is 0 Å². The zero-order valence-corrected chi connectivity index (χ0v) is 12.8. The molecule has 0 bridgehead atoms. The first-order chi connectivity index (χ1) is 10.7. The number of rotatable bonds is 4. The third kappa shape index (κ3) is 4.10. The van der Waals surface area contributed by atoms with Gasteiger partial charge in [-0.2, -0.15) is 13.2 Å². The van der Waals surface area contributed by atoms with Gasteiger partial charge < -0.3 is 11.1 Å². The summed E-state index contributed by atoms with van der Waals surface area (Å²) in [6.45, 7) is 0.878. The lowest BCUT2D eigenvalue weighted by Crippen LogP contribution is -2.43. The van der Waals surface area contributed by atoms with Gasteiger partial charge in [-0.25, -0.2) is 0 Å². The number of nitrogens with two attached hydrogens (primary N) is 1. The van der Waals surface area contributed by atoms with E-state index in [1.165, 1.54) is 23.5 Å². The first kappa shape index (κ1) is 17.0. The first-order valence-electron chi connectivity index (χ1n) is 6.55. The van der Waals surface area contributed by atoms with E-state index < -0.39 is 24.0 Å². The normalized spacial score (nSPS) is 12.7. The molecule has 1 heterocycles. The molecule has 0 aliphatic heterocycles. The molecule has 2 rings (SSSR count). The summed E-state index contributed by atoms with van der Waals surface area (Å²) in [6, 6.07) is 5.74. The minimum absolute atomic E-state index is 0.121. The number of alkyl halides is 3. The van der Waals surface area contributed by atoms with Gasteiger partial charge in [0.05, 0.1) is 4.88 Å². The van der Waals surface area contributed by atoms with Gasteiger partial charge in [-0.05, 0) is 41.6 Å². The fraction of sp³-hybridized carbons (Fsp3) is 0.200. The summed E-state index contributed by atoms with van der Waals surface area (Å²) >= 11 is 1.20. The zero-order valence-electron chi connectivity index (χ0n) is 12.0. The molecule has 0 aliphatic rings. The largest absolute Gasteiger partial charge is 0.408 e. The van der Waals surface area contributed by atoms with E-state index in [0.717, 1.165) is 18.1 Å². The van der Waals surface area contributed by atoms with Crippen molar-refractivity contribution < 1.29 is 22.8 Å². The number of hydrogen-bond acceptors (Lipinski definition) is 3. The Morgan fingerprint density at radius 3 is 2.26 bits per heavy atom. The van der Waals surface area contributed by atoms with E-state index in [9.17, 15) is 22.8 Å². The molecule has 122 valence electrons. The van der Waals surface area contributed by atoms with Crippen molar-refractivity contribution in [3.05, 3.63) is 46.2 Å². The summed E-state index contributed by atoms with van der Waals surface area (Å²) in [4.78, 5) is 23.2. The van der Waals surface area contributed by atoms with E-state index in [0.29, 0.717) is 4.88 Å². The molecule has 3 N–H and O–H groups in total. The third-order valence-electron chi connectivity index (χ3n) is 3.16. The van der Waals surface area contributed by atoms with E-state index >= 15 is 0 Å². The Labute approximate surface area is 134 Å². The minimum atomic E-state index is -4.49. The van der Waals surface area contributed by atoms with Crippen LogP contribution >= 0.6 is 11.3 Å². The maximum Gasteiger partial charge on any atom is 0.408 e. The van der Waals surface area contributed by atoms with Gasteiger partial charge in [-0.3, -0.25) is 9.59 Å². The number of primary amides is 1. The van der Waals surface area contributed by atoms with Crippen LogP contribution in [0.15, 0.2) is 35.7 Å². The Morgan fingerprint density at radius 1 is 1.17 bits per heavy atom. The maximum absolute atomic E-state index is 12.4. The molecule has 4 nitrogen and oxygen atoms in total. The molecule has 8 heteroatoms. The van der Waals surface area contributed by atoms with Crippen LogP contribution in [0, 0.1) is 0 Å². The number of carbonyl (C=O) groups excluding carboxylic acids is 2. The lowest BCUT2D eigenvalue weighted by Gasteiger charge is -2.17. The minimum Gasteiger partial charge on any atom is -0.365 e. The van der Waals surface area contributed by atoms with Crippen LogP contribution in [0.3, 0.4) is 0 Å². The Bertz CT molecular complexity index is 723. The fourth-order valence-corrected chi connectivity index (χ4v) is 2.56. The molecule has 2 amide bonds. The second-order valence-corrected chi connectivity index (χ2v) is 5.79. The van der Waals surface area contributed by atoms with Gasteiger partial charge >= 0.3 is 6.18 Å². The molecule has 1 aromatic carbocycles. The summed E-state index contributed by atoms with van der Waals surface area (Å²) in [5.74, 6) is -1.33. The van der Waals surface area contributed by atoms with Gasteiger partial charge in [0.15, 0.2) is 0 Å². The fourth-order valence-electron chi connectivity index (χ4n) is 1.79. The SMILES string of the molecule is C[C@@H](NC(=O)c1ccc(-c2csc(C(N)=O)c2)cc1)C(F)(F)F. The highest BCUT2D eigenvalue weighted by molar-refractivity contribution is 7.12. The van der Waals surface area contributed by atoms with Crippen LogP contribution in [0.25, 0.3) is 11.1 Å². The first-order valence-corrected chi connectivity index (χ1v) is 7.43. The smallest absolute Gasteiger partial charge is 0.365 e. The molecule has 0 saturated carbocycles. The van der Waals surface area contributed by atoms with Crippen LogP contribution in [-0.4, -0.2) is 24.0 Å². The highest BCUT2D eigenvalue weighted by atomic mass is 32.1. The van der Waals surface area contributed by atoms with Crippen LogP contribution in [0.1, 0.15) is 27.0 Å². The molecule has 2 aromatic rings. The summed E-state index contributed by atoms with van der Waals surface area (Å²) in [6.07, 6.45) is -4.49. The average molecular weight is 342 g/mol. The number of nitrogens with one attached hydrogen (secondary N) is 1. The monoisotopic (exact) mass is 342 g/mol. The summed E-state index contributed by atoms with van der Waals surface area (Å²) in [5, 5.41) is 3.63. The van der Waals surface area contributed by atoms with Crippen LogP contribution in [0.5, 0.6) is 0 Å². The van der Waals surface area contributed by atoms with Crippen molar-refractivity contribution in [2.24, 2.45) is 5.73 Å². The van der Waals surface area contributed by atoms with E-state index in [1.807, 2.05) is 5.32 Å². The van der Waals surface area contributed by atoms with Gasteiger partial charge in [-0.1, -0.05) is 12.1 Å². The number of carbonyl (C=O) groups is 2. The van der Waals surface area contributed by atoms with Crippen LogP contribution in [-0.2, 0) is 0 Å².